The quantitative estimate of drug-likeness (QED) is 0.516. The molecular weight excluding hydrogens is 462 g/mol. The van der Waals surface area contributed by atoms with Crippen molar-refractivity contribution in [3.05, 3.63) is 29.1 Å². The van der Waals surface area contributed by atoms with Crippen LogP contribution in [-0.2, 0) is 4.74 Å². The summed E-state index contributed by atoms with van der Waals surface area (Å²) < 4.78 is 6.73. The van der Waals surface area contributed by atoms with Crippen LogP contribution in [0.2, 0.25) is 0 Å². The fourth-order valence-corrected chi connectivity index (χ4v) is 6.63. The zero-order valence-corrected chi connectivity index (χ0v) is 21.4. The molecule has 7 rings (SSSR count). The van der Waals surface area contributed by atoms with Crippen LogP contribution < -0.4 is 15.5 Å². The van der Waals surface area contributed by atoms with E-state index in [1.165, 1.54) is 11.3 Å². The highest BCUT2D eigenvalue weighted by molar-refractivity contribution is 7.21. The van der Waals surface area contributed by atoms with E-state index in [1.807, 2.05) is 38.7 Å². The van der Waals surface area contributed by atoms with Gasteiger partial charge in [0, 0.05) is 47.2 Å². The molecule has 2 aromatic heterocycles. The van der Waals surface area contributed by atoms with Crippen molar-refractivity contribution < 1.29 is 14.3 Å². The minimum atomic E-state index is -0.494. The van der Waals surface area contributed by atoms with Gasteiger partial charge in [-0.1, -0.05) is 0 Å². The molecule has 0 radical (unpaired) electrons. The van der Waals surface area contributed by atoms with E-state index < -0.39 is 5.60 Å². The number of ether oxygens (including phenoxy) is 1. The average Bonchev–Trinajstić information content (AvgIpc) is 3.14. The number of piperazine rings is 1. The number of amides is 2. The highest BCUT2D eigenvalue weighted by Crippen LogP contribution is 2.42. The number of carbonyl (C=O) groups is 2. The molecule has 2 amide bonds. The van der Waals surface area contributed by atoms with Gasteiger partial charge in [0.2, 0.25) is 0 Å². The summed E-state index contributed by atoms with van der Waals surface area (Å²) in [6.45, 7) is 9.84. The lowest BCUT2D eigenvalue weighted by molar-refractivity contribution is 0.000783. The molecule has 2 N–H and O–H groups in total. The van der Waals surface area contributed by atoms with Crippen LogP contribution in [-0.4, -0.2) is 65.2 Å². The minimum Gasteiger partial charge on any atom is -0.444 e. The molecule has 3 saturated heterocycles. The van der Waals surface area contributed by atoms with Gasteiger partial charge in [-0.25, -0.2) is 9.78 Å². The van der Waals surface area contributed by atoms with Crippen molar-refractivity contribution in [2.45, 2.75) is 64.3 Å². The molecule has 35 heavy (non-hydrogen) atoms. The number of fused-ring (bicyclic) bond motifs is 8. The Kier molecular flexibility index (Phi) is 5.11. The summed E-state index contributed by atoms with van der Waals surface area (Å²) in [7, 11) is 0. The highest BCUT2D eigenvalue weighted by atomic mass is 32.1. The van der Waals surface area contributed by atoms with E-state index in [0.717, 1.165) is 56.8 Å². The summed E-state index contributed by atoms with van der Waals surface area (Å²) in [6.07, 6.45) is 1.81. The lowest BCUT2D eigenvalue weighted by Crippen LogP contribution is -2.64. The standard InChI is InChI=1S/C26H31N5O3S/c1-14-11-27-22-21-17-7-10-20(29-18(17)8-9-19(21)35-23(22)24(32)28-14)30-12-16-6-5-15(30)13-31(16)25(33)34-26(2,3)4/h7-10,14-16,27H,5-6,11-13H2,1-4H3,(H,28,32)/t14-,15?,16-/m1/s1. The van der Waals surface area contributed by atoms with Crippen molar-refractivity contribution in [1.29, 1.82) is 0 Å². The van der Waals surface area contributed by atoms with Crippen LogP contribution in [0.15, 0.2) is 24.3 Å². The molecule has 0 spiro atoms. The third kappa shape index (κ3) is 3.86. The van der Waals surface area contributed by atoms with Gasteiger partial charge in [-0.3, -0.25) is 4.79 Å². The van der Waals surface area contributed by atoms with E-state index in [9.17, 15) is 9.59 Å². The van der Waals surface area contributed by atoms with Gasteiger partial charge < -0.3 is 25.2 Å². The maximum absolute atomic E-state index is 12.7. The zero-order valence-electron chi connectivity index (χ0n) is 20.6. The number of nitrogens with zero attached hydrogens (tertiary/aromatic N) is 3. The molecular formula is C26H31N5O3S. The summed E-state index contributed by atoms with van der Waals surface area (Å²) in [5.41, 5.74) is 1.34. The fourth-order valence-electron chi connectivity index (χ4n) is 5.53. The summed E-state index contributed by atoms with van der Waals surface area (Å²) in [5.74, 6) is 0.923. The van der Waals surface area contributed by atoms with Gasteiger partial charge in [-0.15, -0.1) is 11.3 Å². The van der Waals surface area contributed by atoms with Crippen LogP contribution in [0, 0.1) is 0 Å². The summed E-state index contributed by atoms with van der Waals surface area (Å²) in [5, 5.41) is 8.66. The topological polar surface area (TPSA) is 86.8 Å². The molecule has 9 heteroatoms. The number of piperidine rings is 2. The first kappa shape index (κ1) is 22.4. The van der Waals surface area contributed by atoms with Gasteiger partial charge in [-0.05, 0) is 64.8 Å². The molecule has 1 aromatic carbocycles. The van der Waals surface area contributed by atoms with Gasteiger partial charge >= 0.3 is 6.09 Å². The monoisotopic (exact) mass is 493 g/mol. The number of carbonyl (C=O) groups excluding carboxylic acids is 2. The van der Waals surface area contributed by atoms with E-state index in [-0.39, 0.29) is 30.1 Å². The van der Waals surface area contributed by atoms with Crippen molar-refractivity contribution >= 4 is 55.8 Å². The predicted octanol–water partition coefficient (Wildman–Crippen LogP) is 4.58. The number of anilines is 2. The second-order valence-electron chi connectivity index (χ2n) is 10.9. The smallest absolute Gasteiger partial charge is 0.410 e. The zero-order chi connectivity index (χ0) is 24.5. The van der Waals surface area contributed by atoms with Gasteiger partial charge in [-0.2, -0.15) is 0 Å². The second-order valence-corrected chi connectivity index (χ2v) is 12.0. The van der Waals surface area contributed by atoms with E-state index >= 15 is 0 Å². The largest absolute Gasteiger partial charge is 0.444 e. The second kappa shape index (κ2) is 7.98. The third-order valence-electron chi connectivity index (χ3n) is 7.13. The van der Waals surface area contributed by atoms with Crippen molar-refractivity contribution in [2.75, 3.05) is 29.9 Å². The molecule has 0 saturated carbocycles. The summed E-state index contributed by atoms with van der Waals surface area (Å²) in [4.78, 5) is 35.5. The Balaban J connectivity index is 1.32. The number of thiophene rings is 1. The Hall–Kier alpha value is -3.07. The Morgan fingerprint density at radius 2 is 1.94 bits per heavy atom. The first-order chi connectivity index (χ1) is 16.7. The van der Waals surface area contributed by atoms with Crippen molar-refractivity contribution in [3.8, 4) is 0 Å². The molecule has 3 aromatic rings. The van der Waals surface area contributed by atoms with Crippen molar-refractivity contribution in [1.82, 2.24) is 15.2 Å². The first-order valence-electron chi connectivity index (χ1n) is 12.4. The number of aromatic nitrogens is 1. The van der Waals surface area contributed by atoms with E-state index in [2.05, 4.69) is 33.7 Å². The molecule has 8 nitrogen and oxygen atoms in total. The van der Waals surface area contributed by atoms with Gasteiger partial charge in [0.05, 0.1) is 17.2 Å². The number of benzene rings is 1. The number of pyridine rings is 1. The SMILES string of the molecule is C[C@@H]1CNc2c(sc3ccc4nc(N5C[C@H]6CCC5CN6C(=O)OC(C)(C)C)ccc4c23)C(=O)N1. The van der Waals surface area contributed by atoms with Crippen LogP contribution in [0.3, 0.4) is 0 Å². The Morgan fingerprint density at radius 3 is 2.69 bits per heavy atom. The Morgan fingerprint density at radius 1 is 1.14 bits per heavy atom. The normalized spacial score (nSPS) is 24.2. The van der Waals surface area contributed by atoms with E-state index in [0.29, 0.717) is 13.1 Å². The van der Waals surface area contributed by atoms with Gasteiger partial charge in [0.25, 0.3) is 5.91 Å². The van der Waals surface area contributed by atoms with Crippen LogP contribution in [0.5, 0.6) is 0 Å². The van der Waals surface area contributed by atoms with Crippen LogP contribution in [0.4, 0.5) is 16.3 Å². The molecule has 3 atom stereocenters. The molecule has 184 valence electrons. The maximum Gasteiger partial charge on any atom is 0.410 e. The molecule has 1 unspecified atom stereocenters. The lowest BCUT2D eigenvalue weighted by Gasteiger charge is -2.51. The molecule has 3 fully saturated rings. The lowest BCUT2D eigenvalue weighted by atomic mass is 9.91. The Labute approximate surface area is 208 Å². The number of hydrogen-bond donors (Lipinski definition) is 2. The maximum atomic E-state index is 12.7. The highest BCUT2D eigenvalue weighted by Gasteiger charge is 2.43. The summed E-state index contributed by atoms with van der Waals surface area (Å²) in [6, 6.07) is 8.77. The molecule has 0 aliphatic carbocycles. The van der Waals surface area contributed by atoms with Crippen LogP contribution in [0.25, 0.3) is 21.0 Å². The van der Waals surface area contributed by atoms with Crippen molar-refractivity contribution in [2.24, 2.45) is 0 Å². The van der Waals surface area contributed by atoms with Gasteiger partial charge in [0.1, 0.15) is 16.3 Å². The molecule has 6 heterocycles. The van der Waals surface area contributed by atoms with Crippen molar-refractivity contribution in [3.63, 3.8) is 0 Å². The Bertz CT molecular complexity index is 1350. The van der Waals surface area contributed by atoms with Gasteiger partial charge in [0.15, 0.2) is 0 Å². The summed E-state index contributed by atoms with van der Waals surface area (Å²) >= 11 is 1.52. The third-order valence-corrected chi connectivity index (χ3v) is 8.28. The molecule has 4 aliphatic rings. The average molecular weight is 494 g/mol. The number of nitrogens with one attached hydrogen (secondary N) is 2. The van der Waals surface area contributed by atoms with Crippen LogP contribution in [0.1, 0.15) is 50.2 Å². The van der Waals surface area contributed by atoms with E-state index in [1.54, 1.807) is 0 Å². The van der Waals surface area contributed by atoms with E-state index in [4.69, 9.17) is 9.72 Å². The number of hydrogen-bond acceptors (Lipinski definition) is 7. The minimum absolute atomic E-state index is 0.0182. The van der Waals surface area contributed by atoms with Crippen LogP contribution >= 0.6 is 11.3 Å². The molecule has 4 aliphatic heterocycles. The molecule has 2 bridgehead atoms. The first-order valence-corrected chi connectivity index (χ1v) is 13.2. The fraction of sp³-hybridized carbons (Fsp3) is 0.500. The number of rotatable bonds is 1. The predicted molar refractivity (Wildman–Crippen MR) is 140 cm³/mol.